The van der Waals surface area contributed by atoms with Gasteiger partial charge in [0.1, 0.15) is 12.7 Å². The molecule has 0 aliphatic heterocycles. The molecule has 33 heavy (non-hydrogen) atoms. The molecule has 0 bridgehead atoms. The van der Waals surface area contributed by atoms with Gasteiger partial charge in [-0.25, -0.2) is 14.6 Å². The Morgan fingerprint density at radius 3 is 2.61 bits per heavy atom. The fraction of sp³-hybridized carbons (Fsp3) is 0.208. The van der Waals surface area contributed by atoms with Crippen LogP contribution in [-0.4, -0.2) is 42.8 Å². The van der Waals surface area contributed by atoms with Crippen molar-refractivity contribution in [2.24, 2.45) is 0 Å². The van der Waals surface area contributed by atoms with Gasteiger partial charge in [-0.2, -0.15) is 5.10 Å². The number of nitrogens with zero attached hydrogens (tertiary/aromatic N) is 6. The summed E-state index contributed by atoms with van der Waals surface area (Å²) in [6, 6.07) is 13.7. The highest BCUT2D eigenvalue weighted by atomic mass is 32.1. The second-order valence-corrected chi connectivity index (χ2v) is 9.23. The number of carbonyl (C=O) groups is 1. The average Bonchev–Trinajstić information content (AvgIpc) is 3.59. The highest BCUT2D eigenvalue weighted by Gasteiger charge is 2.25. The lowest BCUT2D eigenvalue weighted by atomic mass is 10.0. The molecule has 0 aliphatic carbocycles. The Morgan fingerprint density at radius 2 is 1.94 bits per heavy atom. The molecule has 0 saturated heterocycles. The zero-order valence-corrected chi connectivity index (χ0v) is 19.5. The molecule has 0 aliphatic rings. The SMILES string of the molecule is Cc1ccc(-c2cc(C(=O)N(C)[C@H](C)c3ccc(-n4cncn4)cc3)c3c(C)noc3n2)s1. The number of benzene rings is 1. The number of hydrogen-bond acceptors (Lipinski definition) is 7. The predicted octanol–water partition coefficient (Wildman–Crippen LogP) is 4.98. The molecule has 1 amide bonds. The van der Waals surface area contributed by atoms with Gasteiger partial charge in [-0.05, 0) is 56.7 Å². The van der Waals surface area contributed by atoms with E-state index in [1.165, 1.54) is 11.2 Å². The Hall–Kier alpha value is -3.85. The van der Waals surface area contributed by atoms with Crippen molar-refractivity contribution in [2.75, 3.05) is 7.05 Å². The highest BCUT2D eigenvalue weighted by Crippen LogP contribution is 2.32. The van der Waals surface area contributed by atoms with Gasteiger partial charge in [-0.15, -0.1) is 11.3 Å². The molecule has 1 atom stereocenters. The number of rotatable bonds is 5. The molecule has 0 unspecified atom stereocenters. The highest BCUT2D eigenvalue weighted by molar-refractivity contribution is 7.15. The van der Waals surface area contributed by atoms with Gasteiger partial charge in [-0.3, -0.25) is 4.79 Å². The number of fused-ring (bicyclic) bond motifs is 1. The summed E-state index contributed by atoms with van der Waals surface area (Å²) in [7, 11) is 1.81. The molecule has 5 rings (SSSR count). The maximum absolute atomic E-state index is 13.7. The molecule has 4 heterocycles. The van der Waals surface area contributed by atoms with Crippen LogP contribution in [0, 0.1) is 13.8 Å². The summed E-state index contributed by atoms with van der Waals surface area (Å²) in [5.74, 6) is -0.115. The maximum atomic E-state index is 13.7. The van der Waals surface area contributed by atoms with Crippen LogP contribution in [0.3, 0.4) is 0 Å². The van der Waals surface area contributed by atoms with Crippen molar-refractivity contribution in [1.82, 2.24) is 29.8 Å². The number of hydrogen-bond donors (Lipinski definition) is 0. The summed E-state index contributed by atoms with van der Waals surface area (Å²) in [5, 5.41) is 8.86. The minimum absolute atomic E-state index is 0.115. The van der Waals surface area contributed by atoms with E-state index in [-0.39, 0.29) is 11.9 Å². The topological polar surface area (TPSA) is 89.9 Å². The van der Waals surface area contributed by atoms with Crippen molar-refractivity contribution >= 4 is 28.3 Å². The zero-order chi connectivity index (χ0) is 23.1. The Balaban J connectivity index is 1.49. The molecule has 0 N–H and O–H groups in total. The second kappa shape index (κ2) is 8.25. The lowest BCUT2D eigenvalue weighted by Gasteiger charge is -2.26. The molecule has 5 aromatic rings. The summed E-state index contributed by atoms with van der Waals surface area (Å²) in [4.78, 5) is 26.2. The summed E-state index contributed by atoms with van der Waals surface area (Å²) >= 11 is 1.63. The Kier molecular flexibility index (Phi) is 5.26. The third kappa shape index (κ3) is 3.80. The summed E-state index contributed by atoms with van der Waals surface area (Å²) in [5.41, 5.74) is 4.18. The van der Waals surface area contributed by atoms with Gasteiger partial charge in [0, 0.05) is 11.9 Å². The lowest BCUT2D eigenvalue weighted by molar-refractivity contribution is 0.0744. The van der Waals surface area contributed by atoms with E-state index in [1.54, 1.807) is 27.2 Å². The van der Waals surface area contributed by atoms with E-state index >= 15 is 0 Å². The lowest BCUT2D eigenvalue weighted by Crippen LogP contribution is -2.30. The first-order valence-electron chi connectivity index (χ1n) is 10.5. The van der Waals surface area contributed by atoms with Crippen molar-refractivity contribution in [3.05, 3.63) is 76.8 Å². The van der Waals surface area contributed by atoms with Crippen LogP contribution in [0.25, 0.3) is 27.4 Å². The Labute approximate surface area is 194 Å². The number of aromatic nitrogens is 5. The van der Waals surface area contributed by atoms with Gasteiger partial charge in [-0.1, -0.05) is 17.3 Å². The minimum Gasteiger partial charge on any atom is -0.335 e. The van der Waals surface area contributed by atoms with Crippen LogP contribution in [0.2, 0.25) is 0 Å². The molecule has 0 fully saturated rings. The van der Waals surface area contributed by atoms with Crippen molar-refractivity contribution < 1.29 is 9.32 Å². The van der Waals surface area contributed by atoms with Gasteiger partial charge in [0.05, 0.1) is 38.9 Å². The van der Waals surface area contributed by atoms with Crippen molar-refractivity contribution in [3.63, 3.8) is 0 Å². The summed E-state index contributed by atoms with van der Waals surface area (Å²) < 4.78 is 7.14. The molecular formula is C24H22N6O2S. The molecule has 0 saturated carbocycles. The van der Waals surface area contributed by atoms with E-state index < -0.39 is 0 Å². The van der Waals surface area contributed by atoms with E-state index in [0.29, 0.717) is 28.1 Å². The van der Waals surface area contributed by atoms with Crippen molar-refractivity contribution in [1.29, 1.82) is 0 Å². The first kappa shape index (κ1) is 21.0. The average molecular weight is 459 g/mol. The predicted molar refractivity (Wildman–Crippen MR) is 126 cm³/mol. The smallest absolute Gasteiger partial charge is 0.259 e. The minimum atomic E-state index is -0.155. The van der Waals surface area contributed by atoms with Crippen LogP contribution in [0.15, 0.2) is 59.6 Å². The van der Waals surface area contributed by atoms with Gasteiger partial charge >= 0.3 is 0 Å². The van der Waals surface area contributed by atoms with Crippen LogP contribution in [-0.2, 0) is 0 Å². The van der Waals surface area contributed by atoms with Gasteiger partial charge in [0.15, 0.2) is 0 Å². The van der Waals surface area contributed by atoms with Crippen LogP contribution in [0.4, 0.5) is 0 Å². The number of thiophene rings is 1. The van der Waals surface area contributed by atoms with Crippen molar-refractivity contribution in [2.45, 2.75) is 26.8 Å². The number of amides is 1. The van der Waals surface area contributed by atoms with E-state index in [0.717, 1.165) is 16.1 Å². The standard InChI is InChI=1S/C24H22N6O2S/c1-14-5-10-21(33-14)20-11-19(22-15(2)28-32-23(22)27-20)24(31)29(4)16(3)17-6-8-18(9-7-17)30-13-25-12-26-30/h5-13,16H,1-4H3/t16-/m1/s1. The van der Waals surface area contributed by atoms with Gasteiger partial charge in [0.2, 0.25) is 0 Å². The molecule has 1 aromatic carbocycles. The van der Waals surface area contributed by atoms with Gasteiger partial charge < -0.3 is 9.42 Å². The van der Waals surface area contributed by atoms with E-state index in [2.05, 4.69) is 20.2 Å². The molecule has 8 nitrogen and oxygen atoms in total. The van der Waals surface area contributed by atoms with Gasteiger partial charge in [0.25, 0.3) is 11.6 Å². The number of pyridine rings is 1. The normalized spacial score (nSPS) is 12.2. The molecule has 4 aromatic heterocycles. The molecular weight excluding hydrogens is 436 g/mol. The van der Waals surface area contributed by atoms with Crippen LogP contribution in [0.1, 0.15) is 39.5 Å². The number of carbonyl (C=O) groups excluding carboxylic acids is 1. The van der Waals surface area contributed by atoms with E-state index in [4.69, 9.17) is 4.52 Å². The first-order valence-corrected chi connectivity index (χ1v) is 11.3. The number of aryl methyl sites for hydroxylation is 2. The first-order chi connectivity index (χ1) is 15.9. The fourth-order valence-electron chi connectivity index (χ4n) is 3.80. The monoisotopic (exact) mass is 458 g/mol. The van der Waals surface area contributed by atoms with Crippen LogP contribution in [0.5, 0.6) is 0 Å². The Morgan fingerprint density at radius 1 is 1.15 bits per heavy atom. The largest absolute Gasteiger partial charge is 0.335 e. The summed E-state index contributed by atoms with van der Waals surface area (Å²) in [6.45, 7) is 5.87. The zero-order valence-electron chi connectivity index (χ0n) is 18.7. The quantitative estimate of drug-likeness (QED) is 0.369. The molecule has 9 heteroatoms. The second-order valence-electron chi connectivity index (χ2n) is 7.94. The third-order valence-electron chi connectivity index (χ3n) is 5.80. The molecule has 0 radical (unpaired) electrons. The Bertz CT molecular complexity index is 1440. The van der Waals surface area contributed by atoms with E-state index in [1.807, 2.05) is 70.3 Å². The fourth-order valence-corrected chi connectivity index (χ4v) is 4.63. The summed E-state index contributed by atoms with van der Waals surface area (Å²) in [6.07, 6.45) is 3.15. The van der Waals surface area contributed by atoms with Crippen molar-refractivity contribution in [3.8, 4) is 16.3 Å². The van der Waals surface area contributed by atoms with E-state index in [9.17, 15) is 4.79 Å². The third-order valence-corrected chi connectivity index (χ3v) is 6.82. The molecule has 166 valence electrons. The van der Waals surface area contributed by atoms with Crippen LogP contribution >= 0.6 is 11.3 Å². The molecule has 0 spiro atoms. The maximum Gasteiger partial charge on any atom is 0.259 e. The van der Waals surface area contributed by atoms with Crippen LogP contribution < -0.4 is 0 Å².